The van der Waals surface area contributed by atoms with Crippen molar-refractivity contribution in [2.75, 3.05) is 7.11 Å². The third-order valence-corrected chi connectivity index (χ3v) is 5.55. The van der Waals surface area contributed by atoms with Crippen molar-refractivity contribution in [3.8, 4) is 34.0 Å². The lowest BCUT2D eigenvalue weighted by Crippen LogP contribution is -1.92. The molecule has 5 aromatic rings. The Hall–Kier alpha value is -4.37. The summed E-state index contributed by atoms with van der Waals surface area (Å²) in [7, 11) is 1.48. The number of hydrogen-bond acceptors (Lipinski definition) is 8. The molecule has 2 aromatic heterocycles. The second-order valence-corrected chi connectivity index (χ2v) is 7.53. The molecule has 9 nitrogen and oxygen atoms in total. The van der Waals surface area contributed by atoms with Gasteiger partial charge in [0.05, 0.1) is 46.7 Å². The van der Waals surface area contributed by atoms with Gasteiger partial charge >= 0.3 is 0 Å². The zero-order chi connectivity index (χ0) is 23.1. The maximum Gasteiger partial charge on any atom is 0.298 e. The molecular weight excluding hydrogens is 446 g/mol. The number of aromatic hydroxyl groups is 1. The van der Waals surface area contributed by atoms with E-state index in [4.69, 9.17) is 21.3 Å². The Morgan fingerprint density at radius 3 is 2.61 bits per heavy atom. The van der Waals surface area contributed by atoms with E-state index in [-0.39, 0.29) is 17.0 Å². The van der Waals surface area contributed by atoms with Crippen LogP contribution in [0.25, 0.3) is 44.3 Å². The largest absolute Gasteiger partial charge is 0.508 e. The summed E-state index contributed by atoms with van der Waals surface area (Å²) < 4.78 is 5.42. The smallest absolute Gasteiger partial charge is 0.298 e. The summed E-state index contributed by atoms with van der Waals surface area (Å²) >= 11 is 6.46. The Balaban J connectivity index is 1.96. The summed E-state index contributed by atoms with van der Waals surface area (Å²) in [5.74, 6) is 0.424. The number of fused-ring (bicyclic) bond motifs is 3. The first-order valence-electron chi connectivity index (χ1n) is 9.69. The maximum absolute atomic E-state index is 11.8. The third kappa shape index (κ3) is 3.44. The van der Waals surface area contributed by atoms with Crippen LogP contribution in [0.4, 0.5) is 5.69 Å². The molecule has 0 fully saturated rings. The van der Waals surface area contributed by atoms with Crippen LogP contribution >= 0.6 is 11.6 Å². The first kappa shape index (κ1) is 20.5. The van der Waals surface area contributed by atoms with Gasteiger partial charge < -0.3 is 9.84 Å². The van der Waals surface area contributed by atoms with Crippen molar-refractivity contribution in [2.24, 2.45) is 0 Å². The SMILES string of the molecule is COc1cc(O)ccc1-c1cnc(-c2ccccc2Cl)c2cc([N+](=O)[O-])c3nncc3c2n1. The minimum Gasteiger partial charge on any atom is -0.508 e. The van der Waals surface area contributed by atoms with E-state index < -0.39 is 4.92 Å². The monoisotopic (exact) mass is 459 g/mol. The number of ether oxygens (including phenoxy) is 1. The molecule has 0 aliphatic heterocycles. The van der Waals surface area contributed by atoms with Gasteiger partial charge in [0.15, 0.2) is 5.52 Å². The molecule has 0 saturated heterocycles. The molecular formula is C23H14ClN5O4. The summed E-state index contributed by atoms with van der Waals surface area (Å²) in [5.41, 5.74) is 2.33. The molecule has 1 N–H and O–H groups in total. The molecule has 0 saturated carbocycles. The molecule has 0 aliphatic carbocycles. The van der Waals surface area contributed by atoms with Gasteiger partial charge in [0.2, 0.25) is 0 Å². The second kappa shape index (κ2) is 7.95. The Labute approximate surface area is 191 Å². The van der Waals surface area contributed by atoms with E-state index in [1.165, 1.54) is 37.7 Å². The normalized spacial score (nSPS) is 11.1. The highest BCUT2D eigenvalue weighted by Crippen LogP contribution is 2.39. The number of hydrogen-bond donors (Lipinski definition) is 1. The number of rotatable bonds is 4. The summed E-state index contributed by atoms with van der Waals surface area (Å²) in [5, 5.41) is 30.7. The van der Waals surface area contributed by atoms with Crippen molar-refractivity contribution in [3.05, 3.63) is 76.1 Å². The molecule has 0 aliphatic rings. The van der Waals surface area contributed by atoms with Crippen LogP contribution in [0.5, 0.6) is 11.5 Å². The summed E-state index contributed by atoms with van der Waals surface area (Å²) in [6.45, 7) is 0. The van der Waals surface area contributed by atoms with Gasteiger partial charge in [-0.25, -0.2) is 4.98 Å². The Bertz CT molecular complexity index is 1570. The van der Waals surface area contributed by atoms with Crippen LogP contribution in [-0.2, 0) is 0 Å². The van der Waals surface area contributed by atoms with E-state index in [1.54, 1.807) is 30.3 Å². The van der Waals surface area contributed by atoms with Gasteiger partial charge in [0.25, 0.3) is 5.69 Å². The minimum absolute atomic E-state index is 0.0351. The van der Waals surface area contributed by atoms with Crippen molar-refractivity contribution >= 4 is 39.1 Å². The number of nitro groups is 1. The van der Waals surface area contributed by atoms with Crippen LogP contribution in [0, 0.1) is 10.1 Å². The predicted octanol–water partition coefficient (Wildman–Crippen LogP) is 5.18. The van der Waals surface area contributed by atoms with Crippen molar-refractivity contribution in [1.29, 1.82) is 0 Å². The number of phenolic OH excluding ortho intramolecular Hbond substituents is 1. The van der Waals surface area contributed by atoms with Crippen LogP contribution in [0.3, 0.4) is 0 Å². The van der Waals surface area contributed by atoms with E-state index in [1.807, 2.05) is 0 Å². The van der Waals surface area contributed by atoms with Crippen molar-refractivity contribution in [1.82, 2.24) is 20.2 Å². The first-order chi connectivity index (χ1) is 16.0. The number of halogens is 1. The molecule has 5 rings (SSSR count). The number of benzene rings is 3. The van der Waals surface area contributed by atoms with Gasteiger partial charge in [0, 0.05) is 33.7 Å². The lowest BCUT2D eigenvalue weighted by molar-refractivity contribution is -0.383. The van der Waals surface area contributed by atoms with E-state index in [0.717, 1.165) is 0 Å². The zero-order valence-electron chi connectivity index (χ0n) is 17.1. The lowest BCUT2D eigenvalue weighted by atomic mass is 10.0. The Morgan fingerprint density at radius 2 is 1.85 bits per heavy atom. The summed E-state index contributed by atoms with van der Waals surface area (Å²) in [6.07, 6.45) is 2.97. The van der Waals surface area contributed by atoms with Gasteiger partial charge in [-0.15, -0.1) is 5.10 Å². The third-order valence-electron chi connectivity index (χ3n) is 5.22. The Morgan fingerprint density at radius 1 is 1.03 bits per heavy atom. The quantitative estimate of drug-likeness (QED) is 0.288. The van der Waals surface area contributed by atoms with Gasteiger partial charge in [-0.1, -0.05) is 29.8 Å². The molecule has 2 heterocycles. The zero-order valence-corrected chi connectivity index (χ0v) is 17.8. The second-order valence-electron chi connectivity index (χ2n) is 7.12. The van der Waals surface area contributed by atoms with Crippen molar-refractivity contribution in [3.63, 3.8) is 0 Å². The standard InChI is InChI=1S/C23H14ClN5O4/c1-33-20-8-12(30)6-7-14(20)18-11-25-21(13-4-2-3-5-17(13)24)15-9-19(29(31)32)23-16(10-26-28-23)22(15)27-18/h2-11,30H,1H3. The molecule has 33 heavy (non-hydrogen) atoms. The van der Waals surface area contributed by atoms with Crippen LogP contribution in [0.1, 0.15) is 0 Å². The number of phenols is 1. The predicted molar refractivity (Wildman–Crippen MR) is 123 cm³/mol. The molecule has 0 radical (unpaired) electrons. The minimum atomic E-state index is -0.510. The van der Waals surface area contributed by atoms with Gasteiger partial charge in [-0.05, 0) is 18.2 Å². The fourth-order valence-electron chi connectivity index (χ4n) is 3.71. The summed E-state index contributed by atoms with van der Waals surface area (Å²) in [4.78, 5) is 20.7. The highest BCUT2D eigenvalue weighted by Gasteiger charge is 2.22. The number of non-ortho nitro benzene ring substituents is 1. The van der Waals surface area contributed by atoms with Gasteiger partial charge in [0.1, 0.15) is 11.5 Å². The molecule has 3 aromatic carbocycles. The van der Waals surface area contributed by atoms with E-state index in [0.29, 0.717) is 49.6 Å². The topological polar surface area (TPSA) is 124 Å². The van der Waals surface area contributed by atoms with Crippen LogP contribution in [0.15, 0.2) is 60.9 Å². The number of nitrogens with zero attached hydrogens (tertiary/aromatic N) is 5. The van der Waals surface area contributed by atoms with E-state index in [2.05, 4.69) is 15.2 Å². The molecule has 0 amide bonds. The highest BCUT2D eigenvalue weighted by molar-refractivity contribution is 6.33. The first-order valence-corrected chi connectivity index (χ1v) is 10.1. The molecule has 10 heteroatoms. The fourth-order valence-corrected chi connectivity index (χ4v) is 3.94. The van der Waals surface area contributed by atoms with Gasteiger partial charge in [-0.3, -0.25) is 15.1 Å². The molecule has 0 atom stereocenters. The maximum atomic E-state index is 11.8. The number of methoxy groups -OCH3 is 1. The Kier molecular flexibility index (Phi) is 4.95. The average Bonchev–Trinajstić information content (AvgIpc) is 3.22. The lowest BCUT2D eigenvalue weighted by Gasteiger charge is -2.07. The molecule has 0 unspecified atom stereocenters. The van der Waals surface area contributed by atoms with E-state index in [9.17, 15) is 15.2 Å². The fraction of sp³-hybridized carbons (Fsp3) is 0.0435. The molecule has 0 spiro atoms. The highest BCUT2D eigenvalue weighted by atomic mass is 35.5. The number of aromatic nitrogens is 4. The van der Waals surface area contributed by atoms with Crippen LogP contribution in [-0.4, -0.2) is 37.3 Å². The van der Waals surface area contributed by atoms with Crippen molar-refractivity contribution in [2.45, 2.75) is 0 Å². The van der Waals surface area contributed by atoms with Crippen LogP contribution in [0.2, 0.25) is 5.02 Å². The molecule has 162 valence electrons. The van der Waals surface area contributed by atoms with Gasteiger partial charge in [-0.2, -0.15) is 5.10 Å². The molecule has 0 bridgehead atoms. The summed E-state index contributed by atoms with van der Waals surface area (Å²) in [6, 6.07) is 13.1. The number of nitro benzene ring substituents is 1. The van der Waals surface area contributed by atoms with E-state index >= 15 is 0 Å². The average molecular weight is 460 g/mol. The van der Waals surface area contributed by atoms with Crippen molar-refractivity contribution < 1.29 is 14.8 Å². The van der Waals surface area contributed by atoms with Crippen LogP contribution < -0.4 is 4.74 Å².